The van der Waals surface area contributed by atoms with Crippen molar-refractivity contribution in [3.8, 4) is 11.5 Å². The van der Waals surface area contributed by atoms with E-state index < -0.39 is 22.6 Å². The fourth-order valence-corrected chi connectivity index (χ4v) is 3.31. The van der Waals surface area contributed by atoms with Gasteiger partial charge in [-0.05, 0) is 42.3 Å². The minimum absolute atomic E-state index is 0. The van der Waals surface area contributed by atoms with Gasteiger partial charge in [-0.25, -0.2) is 5.06 Å². The predicted molar refractivity (Wildman–Crippen MR) is 125 cm³/mol. The summed E-state index contributed by atoms with van der Waals surface area (Å²) in [6.07, 6.45) is 1.39. The number of ether oxygens (including phenoxy) is 2. The number of hydrogen-bond donors (Lipinski definition) is 2. The first-order valence-corrected chi connectivity index (χ1v) is 11.5. The van der Waals surface area contributed by atoms with Crippen molar-refractivity contribution < 1.29 is 31.8 Å². The maximum absolute atomic E-state index is 12.4. The number of hydroxylamine groups is 1. The fourth-order valence-electron chi connectivity index (χ4n) is 2.84. The van der Waals surface area contributed by atoms with E-state index in [1.807, 2.05) is 12.1 Å². The van der Waals surface area contributed by atoms with Crippen molar-refractivity contribution in [2.45, 2.75) is 6.42 Å². The maximum atomic E-state index is 12.4. The second-order valence-corrected chi connectivity index (χ2v) is 8.29. The summed E-state index contributed by atoms with van der Waals surface area (Å²) >= 11 is 0. The van der Waals surface area contributed by atoms with Crippen molar-refractivity contribution in [2.75, 3.05) is 45.7 Å². The number of rotatable bonds is 11. The summed E-state index contributed by atoms with van der Waals surface area (Å²) in [5, 5.41) is 6.13. The van der Waals surface area contributed by atoms with Crippen molar-refractivity contribution >= 4 is 57.2 Å². The first-order chi connectivity index (χ1) is 15.2. The smallest absolute Gasteiger partial charge is 0.285 e. The Labute approximate surface area is 215 Å². The van der Waals surface area contributed by atoms with Gasteiger partial charge < -0.3 is 20.1 Å². The molecule has 0 unspecified atom stereocenters. The molecule has 1 radical (unpaired) electrons. The van der Waals surface area contributed by atoms with Crippen LogP contribution in [0.4, 0.5) is 5.69 Å². The second-order valence-electron chi connectivity index (χ2n) is 6.73. The first-order valence-electron chi connectivity index (χ1n) is 9.63. The molecule has 0 spiro atoms. The SMILES string of the molecule is CNC(=O)c1cccc(N(CC(=O)NCCc2ccc(OC)c(OC)c2)OS(C)(=O)=O)c1.[Na]. The van der Waals surface area contributed by atoms with Gasteiger partial charge in [0.15, 0.2) is 11.5 Å². The summed E-state index contributed by atoms with van der Waals surface area (Å²) in [4.78, 5) is 24.3. The van der Waals surface area contributed by atoms with Gasteiger partial charge in [0.05, 0.1) is 26.2 Å². The van der Waals surface area contributed by atoms with Gasteiger partial charge in [0.2, 0.25) is 5.91 Å². The van der Waals surface area contributed by atoms with E-state index in [0.29, 0.717) is 30.0 Å². The van der Waals surface area contributed by atoms with E-state index in [0.717, 1.165) is 16.9 Å². The van der Waals surface area contributed by atoms with Crippen LogP contribution in [0, 0.1) is 0 Å². The molecule has 2 N–H and O–H groups in total. The molecule has 0 heterocycles. The Morgan fingerprint density at radius 2 is 1.73 bits per heavy atom. The average Bonchev–Trinajstić information content (AvgIpc) is 2.77. The van der Waals surface area contributed by atoms with Crippen molar-refractivity contribution in [2.24, 2.45) is 0 Å². The Morgan fingerprint density at radius 3 is 2.33 bits per heavy atom. The van der Waals surface area contributed by atoms with Crippen LogP contribution in [0.1, 0.15) is 15.9 Å². The summed E-state index contributed by atoms with van der Waals surface area (Å²) in [5.74, 6) is 0.373. The maximum Gasteiger partial charge on any atom is 0.285 e. The van der Waals surface area contributed by atoms with Crippen LogP contribution < -0.4 is 25.2 Å². The molecule has 0 saturated carbocycles. The van der Waals surface area contributed by atoms with E-state index in [-0.39, 0.29) is 41.2 Å². The molecule has 10 nitrogen and oxygen atoms in total. The van der Waals surface area contributed by atoms with E-state index in [9.17, 15) is 18.0 Å². The Kier molecular flexibility index (Phi) is 11.7. The molecule has 175 valence electrons. The molecule has 2 amide bonds. The minimum Gasteiger partial charge on any atom is -0.493 e. The average molecular weight is 489 g/mol. The summed E-state index contributed by atoms with van der Waals surface area (Å²) in [5.41, 5.74) is 1.46. The zero-order valence-corrected chi connectivity index (χ0v) is 22.2. The minimum atomic E-state index is -3.91. The third kappa shape index (κ3) is 9.22. The topological polar surface area (TPSA) is 123 Å². The van der Waals surface area contributed by atoms with E-state index in [1.165, 1.54) is 19.2 Å². The number of nitrogens with zero attached hydrogens (tertiary/aromatic N) is 1. The molecule has 0 atom stereocenters. The van der Waals surface area contributed by atoms with Gasteiger partial charge >= 0.3 is 0 Å². The van der Waals surface area contributed by atoms with E-state index in [2.05, 4.69) is 10.6 Å². The first kappa shape index (κ1) is 28.7. The van der Waals surface area contributed by atoms with Crippen molar-refractivity contribution in [1.29, 1.82) is 0 Å². The standard InChI is InChI=1S/C21H27N3O7S.Na/c1-22-21(26)16-6-5-7-17(13-16)24(31-32(4,27)28)14-20(25)23-11-10-15-8-9-18(29-2)19(12-15)30-3;/h5-9,12-13H,10-11,14H2,1-4H3,(H,22,26)(H,23,25);. The zero-order chi connectivity index (χ0) is 23.7. The molecule has 0 aliphatic heterocycles. The molecular formula is C21H27N3NaO7S. The van der Waals surface area contributed by atoms with Crippen LogP contribution in [0.15, 0.2) is 42.5 Å². The Morgan fingerprint density at radius 1 is 1.03 bits per heavy atom. The van der Waals surface area contributed by atoms with E-state index in [4.69, 9.17) is 13.8 Å². The van der Waals surface area contributed by atoms with Gasteiger partial charge in [0, 0.05) is 48.7 Å². The number of carbonyl (C=O) groups is 2. The Hall–Kier alpha value is -2.31. The molecule has 2 aromatic rings. The van der Waals surface area contributed by atoms with Crippen LogP contribution in [0.25, 0.3) is 0 Å². The molecule has 0 fully saturated rings. The number of benzene rings is 2. The van der Waals surface area contributed by atoms with Crippen molar-refractivity contribution in [1.82, 2.24) is 10.6 Å². The van der Waals surface area contributed by atoms with Crippen LogP contribution in [0.2, 0.25) is 0 Å². The second kappa shape index (κ2) is 13.4. The summed E-state index contributed by atoms with van der Waals surface area (Å²) in [6, 6.07) is 11.5. The molecule has 0 bridgehead atoms. The number of nitrogens with one attached hydrogen (secondary N) is 2. The normalized spacial score (nSPS) is 10.5. The third-order valence-corrected chi connectivity index (χ3v) is 4.77. The monoisotopic (exact) mass is 488 g/mol. The summed E-state index contributed by atoms with van der Waals surface area (Å²) < 4.78 is 38.8. The molecule has 2 rings (SSSR count). The molecule has 0 saturated heterocycles. The van der Waals surface area contributed by atoms with Crippen LogP contribution in [0.5, 0.6) is 11.5 Å². The van der Waals surface area contributed by atoms with Gasteiger partial charge in [-0.3, -0.25) is 9.59 Å². The number of anilines is 1. The Balaban J connectivity index is 0.00000544. The largest absolute Gasteiger partial charge is 0.493 e. The van der Waals surface area contributed by atoms with Gasteiger partial charge in [-0.2, -0.15) is 8.42 Å². The molecule has 12 heteroatoms. The molecular weight excluding hydrogens is 461 g/mol. The molecule has 0 aromatic heterocycles. The number of carbonyl (C=O) groups excluding carboxylic acids is 2. The van der Waals surface area contributed by atoms with Crippen molar-refractivity contribution in [3.05, 3.63) is 53.6 Å². The predicted octanol–water partition coefficient (Wildman–Crippen LogP) is 0.739. The Bertz CT molecular complexity index is 1060. The zero-order valence-electron chi connectivity index (χ0n) is 19.4. The van der Waals surface area contributed by atoms with Crippen LogP contribution in [-0.4, -0.2) is 90.4 Å². The van der Waals surface area contributed by atoms with E-state index in [1.54, 1.807) is 32.4 Å². The molecule has 0 aliphatic carbocycles. The van der Waals surface area contributed by atoms with Gasteiger partial charge in [-0.1, -0.05) is 12.1 Å². The van der Waals surface area contributed by atoms with Gasteiger partial charge in [0.25, 0.3) is 16.0 Å². The number of amides is 2. The quantitative estimate of drug-likeness (QED) is 0.351. The van der Waals surface area contributed by atoms with Gasteiger partial charge in [-0.15, -0.1) is 4.28 Å². The van der Waals surface area contributed by atoms with Crippen LogP contribution >= 0.6 is 0 Å². The summed E-state index contributed by atoms with van der Waals surface area (Å²) in [6.45, 7) is -0.0878. The summed E-state index contributed by atoms with van der Waals surface area (Å²) in [7, 11) is 0.652. The van der Waals surface area contributed by atoms with Crippen LogP contribution in [-0.2, 0) is 25.6 Å². The molecule has 0 aliphatic rings. The van der Waals surface area contributed by atoms with Crippen molar-refractivity contribution in [3.63, 3.8) is 0 Å². The molecule has 33 heavy (non-hydrogen) atoms. The third-order valence-electron chi connectivity index (χ3n) is 4.32. The number of hydrogen-bond acceptors (Lipinski definition) is 8. The van der Waals surface area contributed by atoms with Gasteiger partial charge in [0.1, 0.15) is 6.54 Å². The van der Waals surface area contributed by atoms with Crippen LogP contribution in [0.3, 0.4) is 0 Å². The fraction of sp³-hybridized carbons (Fsp3) is 0.333. The number of methoxy groups -OCH3 is 2. The van der Waals surface area contributed by atoms with E-state index >= 15 is 0 Å². The molecule has 2 aromatic carbocycles.